The van der Waals surface area contributed by atoms with Crippen LogP contribution in [0.1, 0.15) is 68.4 Å². The van der Waals surface area contributed by atoms with Gasteiger partial charge in [-0.15, -0.1) is 0 Å². The average Bonchev–Trinajstić information content (AvgIpc) is 3.36. The molecule has 0 unspecified atom stereocenters. The van der Waals surface area contributed by atoms with Crippen LogP contribution in [0.5, 0.6) is 17.2 Å². The summed E-state index contributed by atoms with van der Waals surface area (Å²) >= 11 is 0. The number of ether oxygens (including phenoxy) is 4. The largest absolute Gasteiger partial charge is 0.493 e. The second-order valence-electron chi connectivity index (χ2n) is 10.0. The third-order valence-electron chi connectivity index (χ3n) is 7.63. The first-order chi connectivity index (χ1) is 18.0. The van der Waals surface area contributed by atoms with Gasteiger partial charge in [-0.3, -0.25) is 9.48 Å². The Morgan fingerprint density at radius 1 is 0.973 bits per heavy atom. The van der Waals surface area contributed by atoms with Gasteiger partial charge in [0, 0.05) is 25.4 Å². The van der Waals surface area contributed by atoms with Gasteiger partial charge in [0.25, 0.3) is 0 Å². The summed E-state index contributed by atoms with van der Waals surface area (Å²) in [6.45, 7) is 0.684. The topological polar surface area (TPSA) is 92.1 Å². The van der Waals surface area contributed by atoms with Crippen LogP contribution in [0.15, 0.2) is 24.5 Å². The molecule has 1 amide bonds. The normalized spacial score (nSPS) is 19.2. The third-order valence-corrected chi connectivity index (χ3v) is 7.63. The minimum atomic E-state index is -0.592. The maximum atomic E-state index is 14.3. The molecular formula is C28H39N3O6. The summed E-state index contributed by atoms with van der Waals surface area (Å²) < 4.78 is 24.1. The quantitative estimate of drug-likeness (QED) is 0.463. The summed E-state index contributed by atoms with van der Waals surface area (Å²) in [7, 11) is 6.55. The average molecular weight is 514 g/mol. The molecule has 1 aromatic heterocycles. The molecule has 37 heavy (non-hydrogen) atoms. The zero-order valence-electron chi connectivity index (χ0n) is 22.4. The minimum absolute atomic E-state index is 0.0239. The van der Waals surface area contributed by atoms with Gasteiger partial charge in [0.15, 0.2) is 11.5 Å². The molecule has 4 rings (SSSR count). The highest BCUT2D eigenvalue weighted by Crippen LogP contribution is 2.45. The fourth-order valence-electron chi connectivity index (χ4n) is 5.78. The highest BCUT2D eigenvalue weighted by atomic mass is 16.5. The van der Waals surface area contributed by atoms with Gasteiger partial charge in [-0.05, 0) is 55.7 Å². The lowest BCUT2D eigenvalue weighted by Gasteiger charge is -2.39. The first kappa shape index (κ1) is 26.8. The van der Waals surface area contributed by atoms with Crippen LogP contribution in [-0.2, 0) is 28.0 Å². The lowest BCUT2D eigenvalue weighted by atomic mass is 9.75. The van der Waals surface area contributed by atoms with Crippen molar-refractivity contribution >= 4 is 11.9 Å². The molecule has 2 aliphatic rings. The van der Waals surface area contributed by atoms with Gasteiger partial charge in [-0.25, -0.2) is 4.79 Å². The van der Waals surface area contributed by atoms with E-state index in [9.17, 15) is 9.59 Å². The Morgan fingerprint density at radius 2 is 1.65 bits per heavy atom. The number of amides is 1. The fourth-order valence-corrected chi connectivity index (χ4v) is 5.78. The van der Waals surface area contributed by atoms with Crippen molar-refractivity contribution in [2.75, 3.05) is 27.9 Å². The molecule has 1 aromatic carbocycles. The van der Waals surface area contributed by atoms with Crippen LogP contribution in [0, 0.1) is 5.92 Å². The Hall–Kier alpha value is -3.23. The van der Waals surface area contributed by atoms with Gasteiger partial charge >= 0.3 is 5.97 Å². The maximum Gasteiger partial charge on any atom is 0.329 e. The van der Waals surface area contributed by atoms with E-state index in [1.54, 1.807) is 37.1 Å². The van der Waals surface area contributed by atoms with E-state index in [1.807, 2.05) is 25.4 Å². The van der Waals surface area contributed by atoms with Crippen LogP contribution in [0.2, 0.25) is 0 Å². The van der Waals surface area contributed by atoms with Crippen LogP contribution in [0.3, 0.4) is 0 Å². The van der Waals surface area contributed by atoms with Gasteiger partial charge in [0.2, 0.25) is 11.7 Å². The number of aromatic nitrogens is 2. The molecule has 0 bridgehead atoms. The summed E-state index contributed by atoms with van der Waals surface area (Å²) in [6, 6.07) is 3.18. The molecule has 2 atom stereocenters. The van der Waals surface area contributed by atoms with Gasteiger partial charge in [-0.1, -0.05) is 19.3 Å². The summed E-state index contributed by atoms with van der Waals surface area (Å²) in [5.41, 5.74) is 1.65. The molecule has 1 aliphatic carbocycles. The first-order valence-electron chi connectivity index (χ1n) is 13.2. The Balaban J connectivity index is 1.63. The van der Waals surface area contributed by atoms with Crippen LogP contribution in [-0.4, -0.2) is 60.5 Å². The molecule has 2 aromatic rings. The molecule has 0 radical (unpaired) electrons. The Morgan fingerprint density at radius 3 is 2.24 bits per heavy atom. The number of aryl methyl sites for hydroxylation is 1. The number of rotatable bonds is 9. The number of likely N-dealkylation sites (tertiary alicyclic amines) is 1. The van der Waals surface area contributed by atoms with E-state index in [0.717, 1.165) is 49.7 Å². The van der Waals surface area contributed by atoms with Gasteiger partial charge in [-0.2, -0.15) is 5.10 Å². The predicted molar refractivity (Wildman–Crippen MR) is 138 cm³/mol. The lowest BCUT2D eigenvalue weighted by molar-refractivity contribution is -0.159. The zero-order valence-corrected chi connectivity index (χ0v) is 22.4. The van der Waals surface area contributed by atoms with Gasteiger partial charge < -0.3 is 23.8 Å². The number of benzene rings is 1. The molecule has 202 valence electrons. The van der Waals surface area contributed by atoms with Crippen molar-refractivity contribution in [2.45, 2.75) is 69.9 Å². The smallest absolute Gasteiger partial charge is 0.329 e. The van der Waals surface area contributed by atoms with Crippen molar-refractivity contribution in [3.05, 3.63) is 35.7 Å². The highest BCUT2D eigenvalue weighted by molar-refractivity contribution is 5.89. The minimum Gasteiger partial charge on any atom is -0.493 e. The van der Waals surface area contributed by atoms with E-state index in [2.05, 4.69) is 5.10 Å². The summed E-state index contributed by atoms with van der Waals surface area (Å²) in [5.74, 6) is 0.943. The molecule has 9 nitrogen and oxygen atoms in total. The van der Waals surface area contributed by atoms with Crippen LogP contribution in [0.4, 0.5) is 0 Å². The second kappa shape index (κ2) is 12.3. The first-order valence-corrected chi connectivity index (χ1v) is 13.2. The Labute approximate surface area is 219 Å². The second-order valence-corrected chi connectivity index (χ2v) is 10.0. The number of esters is 1. The van der Waals surface area contributed by atoms with Crippen LogP contribution >= 0.6 is 0 Å². The van der Waals surface area contributed by atoms with Crippen molar-refractivity contribution in [1.29, 1.82) is 0 Å². The van der Waals surface area contributed by atoms with E-state index in [4.69, 9.17) is 18.9 Å². The highest BCUT2D eigenvalue weighted by Gasteiger charge is 2.40. The summed E-state index contributed by atoms with van der Waals surface area (Å²) in [5, 5.41) is 4.13. The van der Waals surface area contributed by atoms with Crippen molar-refractivity contribution in [3.63, 3.8) is 0 Å². The van der Waals surface area contributed by atoms with Crippen molar-refractivity contribution in [2.24, 2.45) is 13.0 Å². The molecular weight excluding hydrogens is 474 g/mol. The summed E-state index contributed by atoms with van der Waals surface area (Å²) in [4.78, 5) is 29.3. The number of hydrogen-bond donors (Lipinski definition) is 0. The molecule has 9 heteroatoms. The van der Waals surface area contributed by atoms with E-state index in [-0.39, 0.29) is 24.4 Å². The molecule has 0 spiro atoms. The number of piperidine rings is 1. The summed E-state index contributed by atoms with van der Waals surface area (Å²) in [6.07, 6.45) is 11.2. The maximum absolute atomic E-state index is 14.3. The molecule has 2 fully saturated rings. The number of hydrogen-bond acceptors (Lipinski definition) is 7. The fraction of sp³-hybridized carbons (Fsp3) is 0.607. The Kier molecular flexibility index (Phi) is 8.95. The van der Waals surface area contributed by atoms with Crippen molar-refractivity contribution in [3.8, 4) is 17.2 Å². The number of carbonyl (C=O) groups excluding carboxylic acids is 2. The lowest BCUT2D eigenvalue weighted by Crippen LogP contribution is -2.51. The third kappa shape index (κ3) is 6.02. The Bertz CT molecular complexity index is 1050. The molecule has 1 saturated heterocycles. The molecule has 1 saturated carbocycles. The van der Waals surface area contributed by atoms with Crippen LogP contribution in [0.25, 0.3) is 0 Å². The number of nitrogens with zero attached hydrogens (tertiary/aromatic N) is 3. The van der Waals surface area contributed by atoms with Crippen molar-refractivity contribution in [1.82, 2.24) is 14.7 Å². The van der Waals surface area contributed by atoms with E-state index < -0.39 is 12.0 Å². The number of methoxy groups -OCH3 is 3. The predicted octanol–water partition coefficient (Wildman–Crippen LogP) is 4.23. The standard InChI is InChI=1S/C28H39N3O6/c1-30-17-19(16-29-30)18-37-28(33)22-12-8-9-13-31(22)27(32)25(20-10-6-5-7-11-20)21-14-23(34-2)26(36-4)24(15-21)35-3/h14-17,20,22,25H,5-13,18H2,1-4H3/t22-,25-/m0/s1. The van der Waals surface area contributed by atoms with E-state index >= 15 is 0 Å². The van der Waals surface area contributed by atoms with E-state index in [1.165, 1.54) is 6.42 Å². The molecule has 1 aliphatic heterocycles. The van der Waals surface area contributed by atoms with Crippen molar-refractivity contribution < 1.29 is 28.5 Å². The van der Waals surface area contributed by atoms with Gasteiger partial charge in [0.05, 0.1) is 33.4 Å². The van der Waals surface area contributed by atoms with Gasteiger partial charge in [0.1, 0.15) is 12.6 Å². The number of carbonyl (C=O) groups is 2. The molecule has 2 heterocycles. The monoisotopic (exact) mass is 513 g/mol. The molecule has 0 N–H and O–H groups in total. The SMILES string of the molecule is COc1cc([C@@H](C(=O)N2CCCC[C@H]2C(=O)OCc2cnn(C)c2)C2CCCCC2)cc(OC)c1OC. The van der Waals surface area contributed by atoms with Crippen LogP contribution < -0.4 is 14.2 Å². The zero-order chi connectivity index (χ0) is 26.4. The van der Waals surface area contributed by atoms with E-state index in [0.29, 0.717) is 30.2 Å².